The van der Waals surface area contributed by atoms with Crippen molar-refractivity contribution < 1.29 is 14.4 Å². The molecular weight excluding hydrogens is 390 g/mol. The normalized spacial score (nSPS) is 24.7. The number of imide groups is 1. The van der Waals surface area contributed by atoms with Crippen molar-refractivity contribution >= 4 is 29.4 Å². The summed E-state index contributed by atoms with van der Waals surface area (Å²) < 4.78 is 0. The monoisotopic (exact) mass is 411 g/mol. The Balaban J connectivity index is 1.49. The molecule has 1 aliphatic carbocycles. The van der Waals surface area contributed by atoms with E-state index < -0.39 is 11.6 Å². The van der Waals surface area contributed by atoms with Crippen molar-refractivity contribution in [2.24, 2.45) is 5.92 Å². The summed E-state index contributed by atoms with van der Waals surface area (Å²) in [6, 6.07) is 16.4. The lowest BCUT2D eigenvalue weighted by atomic mass is 9.76. The van der Waals surface area contributed by atoms with Gasteiger partial charge in [0.2, 0.25) is 5.91 Å². The Hall–Kier alpha value is -2.86. The van der Waals surface area contributed by atoms with Crippen LogP contribution < -0.4 is 16.0 Å². The highest BCUT2D eigenvalue weighted by Crippen LogP contribution is 2.35. The Morgan fingerprint density at radius 2 is 1.72 bits per heavy atom. The molecule has 2 aromatic carbocycles. The van der Waals surface area contributed by atoms with Gasteiger partial charge in [0.25, 0.3) is 5.91 Å². The molecule has 4 amide bonds. The number of carbonyl (C=O) groups is 3. The van der Waals surface area contributed by atoms with Gasteiger partial charge in [0.1, 0.15) is 5.54 Å². The Labute approximate surface area is 174 Å². The number of rotatable bonds is 4. The van der Waals surface area contributed by atoms with Gasteiger partial charge in [-0.1, -0.05) is 54.1 Å². The number of halogens is 1. The van der Waals surface area contributed by atoms with Crippen LogP contribution in [-0.4, -0.2) is 23.4 Å². The first-order valence-corrected chi connectivity index (χ1v) is 10.1. The van der Waals surface area contributed by atoms with E-state index in [1.165, 1.54) is 0 Å². The fourth-order valence-corrected chi connectivity index (χ4v) is 4.40. The first kappa shape index (κ1) is 19.5. The van der Waals surface area contributed by atoms with E-state index >= 15 is 0 Å². The third-order valence-corrected chi connectivity index (χ3v) is 6.06. The highest BCUT2D eigenvalue weighted by Gasteiger charge is 2.49. The molecule has 2 fully saturated rings. The van der Waals surface area contributed by atoms with Crippen LogP contribution in [0.15, 0.2) is 54.6 Å². The summed E-state index contributed by atoms with van der Waals surface area (Å²) in [5.41, 5.74) is 1.02. The van der Waals surface area contributed by atoms with Gasteiger partial charge in [-0.15, -0.1) is 0 Å². The zero-order valence-electron chi connectivity index (χ0n) is 15.8. The van der Waals surface area contributed by atoms with Crippen LogP contribution >= 0.6 is 11.6 Å². The van der Waals surface area contributed by atoms with Crippen molar-refractivity contribution in [1.82, 2.24) is 16.0 Å². The minimum atomic E-state index is -0.861. The highest BCUT2D eigenvalue weighted by molar-refractivity contribution is 6.30. The van der Waals surface area contributed by atoms with Crippen LogP contribution in [-0.2, 0) is 9.59 Å². The van der Waals surface area contributed by atoms with Crippen LogP contribution in [0.25, 0.3) is 0 Å². The van der Waals surface area contributed by atoms with Gasteiger partial charge in [0.05, 0.1) is 6.04 Å². The number of hydrogen-bond acceptors (Lipinski definition) is 3. The molecule has 0 bridgehead atoms. The molecule has 2 aromatic rings. The summed E-state index contributed by atoms with van der Waals surface area (Å²) in [6.45, 7) is 0. The molecule has 1 saturated carbocycles. The van der Waals surface area contributed by atoms with Crippen LogP contribution in [0.2, 0.25) is 5.02 Å². The smallest absolute Gasteiger partial charge is 0.322 e. The van der Waals surface area contributed by atoms with Crippen molar-refractivity contribution in [3.05, 3.63) is 70.7 Å². The maximum atomic E-state index is 13.1. The van der Waals surface area contributed by atoms with Gasteiger partial charge in [-0.25, -0.2) is 4.79 Å². The fraction of sp³-hybridized carbons (Fsp3) is 0.318. The number of urea groups is 1. The molecule has 2 aliphatic rings. The molecule has 1 heterocycles. The van der Waals surface area contributed by atoms with Gasteiger partial charge in [0.15, 0.2) is 0 Å². The molecule has 1 spiro atoms. The number of benzene rings is 2. The van der Waals surface area contributed by atoms with Crippen molar-refractivity contribution in [1.29, 1.82) is 0 Å². The van der Waals surface area contributed by atoms with Crippen molar-refractivity contribution in [3.63, 3.8) is 0 Å². The molecule has 1 atom stereocenters. The topological polar surface area (TPSA) is 87.3 Å². The Kier molecular flexibility index (Phi) is 5.28. The predicted octanol–water partition coefficient (Wildman–Crippen LogP) is 3.31. The van der Waals surface area contributed by atoms with E-state index in [1.54, 1.807) is 6.07 Å². The summed E-state index contributed by atoms with van der Waals surface area (Å²) in [5.74, 6) is -0.558. The molecule has 29 heavy (non-hydrogen) atoms. The Bertz CT molecular complexity index is 939. The van der Waals surface area contributed by atoms with Gasteiger partial charge in [-0.05, 0) is 48.9 Å². The Morgan fingerprint density at radius 3 is 2.34 bits per heavy atom. The first-order chi connectivity index (χ1) is 14.0. The lowest BCUT2D eigenvalue weighted by Crippen LogP contribution is -2.51. The standard InChI is InChI=1S/C22H22ClN3O3/c23-17-8-4-7-16(13-17)18(14-5-2-1-3-6-14)24-19(27)15-9-11-22(12-10-15)20(28)25-21(29)26-22/h1-8,13,15,18H,9-12H2,(H,24,27)(H2,25,26,28,29). The first-order valence-electron chi connectivity index (χ1n) is 9.71. The highest BCUT2D eigenvalue weighted by atomic mass is 35.5. The second-order valence-corrected chi connectivity index (χ2v) is 8.11. The van der Waals surface area contributed by atoms with Crippen LogP contribution in [0.4, 0.5) is 4.79 Å². The van der Waals surface area contributed by atoms with E-state index in [0.29, 0.717) is 30.7 Å². The molecule has 0 radical (unpaired) electrons. The van der Waals surface area contributed by atoms with E-state index in [-0.39, 0.29) is 23.8 Å². The van der Waals surface area contributed by atoms with E-state index in [4.69, 9.17) is 11.6 Å². The minimum Gasteiger partial charge on any atom is -0.345 e. The minimum absolute atomic E-state index is 0.0570. The van der Waals surface area contributed by atoms with Crippen molar-refractivity contribution in [2.45, 2.75) is 37.3 Å². The van der Waals surface area contributed by atoms with Gasteiger partial charge < -0.3 is 10.6 Å². The summed E-state index contributed by atoms with van der Waals surface area (Å²) in [6.07, 6.45) is 1.98. The Morgan fingerprint density at radius 1 is 1.03 bits per heavy atom. The second kappa shape index (κ2) is 7.87. The molecule has 4 rings (SSSR count). The zero-order chi connectivity index (χ0) is 20.4. The van der Waals surface area contributed by atoms with Crippen molar-refractivity contribution in [3.8, 4) is 0 Å². The van der Waals surface area contributed by atoms with Gasteiger partial charge >= 0.3 is 6.03 Å². The number of carbonyl (C=O) groups excluding carboxylic acids is 3. The van der Waals surface area contributed by atoms with Gasteiger partial charge in [0, 0.05) is 10.9 Å². The maximum Gasteiger partial charge on any atom is 0.322 e. The molecule has 150 valence electrons. The third-order valence-electron chi connectivity index (χ3n) is 5.83. The fourth-order valence-electron chi connectivity index (χ4n) is 4.20. The van der Waals surface area contributed by atoms with E-state index in [9.17, 15) is 14.4 Å². The van der Waals surface area contributed by atoms with Crippen LogP contribution in [0.5, 0.6) is 0 Å². The lowest BCUT2D eigenvalue weighted by molar-refractivity contribution is -0.130. The van der Waals surface area contributed by atoms with Crippen LogP contribution in [0, 0.1) is 5.92 Å². The SMILES string of the molecule is O=C1NC(=O)C2(CCC(C(=O)NC(c3ccccc3)c3cccc(Cl)c3)CC2)N1. The van der Waals surface area contributed by atoms with Crippen molar-refractivity contribution in [2.75, 3.05) is 0 Å². The van der Waals surface area contributed by atoms with E-state index in [1.807, 2.05) is 48.5 Å². The third kappa shape index (κ3) is 3.98. The molecule has 1 saturated heterocycles. The molecule has 1 aliphatic heterocycles. The summed E-state index contributed by atoms with van der Waals surface area (Å²) in [4.78, 5) is 36.7. The molecule has 7 heteroatoms. The molecule has 6 nitrogen and oxygen atoms in total. The molecule has 1 unspecified atom stereocenters. The van der Waals surface area contributed by atoms with E-state index in [0.717, 1.165) is 11.1 Å². The zero-order valence-corrected chi connectivity index (χ0v) is 16.5. The molecule has 0 aromatic heterocycles. The average molecular weight is 412 g/mol. The second-order valence-electron chi connectivity index (χ2n) is 7.67. The van der Waals surface area contributed by atoms with Gasteiger partial charge in [-0.2, -0.15) is 0 Å². The lowest BCUT2D eigenvalue weighted by Gasteiger charge is -2.34. The summed E-state index contributed by atoms with van der Waals surface area (Å²) in [5, 5.41) is 8.80. The number of hydrogen-bond donors (Lipinski definition) is 3. The van der Waals surface area contributed by atoms with Crippen LogP contribution in [0.1, 0.15) is 42.9 Å². The largest absolute Gasteiger partial charge is 0.345 e. The summed E-state index contributed by atoms with van der Waals surface area (Å²) >= 11 is 6.17. The van der Waals surface area contributed by atoms with Crippen LogP contribution in [0.3, 0.4) is 0 Å². The quantitative estimate of drug-likeness (QED) is 0.674. The van der Waals surface area contributed by atoms with E-state index in [2.05, 4.69) is 16.0 Å². The van der Waals surface area contributed by atoms with Gasteiger partial charge in [-0.3, -0.25) is 14.9 Å². The molecular formula is C22H22ClN3O3. The number of amides is 4. The molecule has 3 N–H and O–H groups in total. The average Bonchev–Trinajstić information content (AvgIpc) is 2.99. The summed E-state index contributed by atoms with van der Waals surface area (Å²) in [7, 11) is 0. The number of nitrogens with one attached hydrogen (secondary N) is 3. The predicted molar refractivity (Wildman–Crippen MR) is 109 cm³/mol. The maximum absolute atomic E-state index is 13.1.